The van der Waals surface area contributed by atoms with Crippen LogP contribution in [0.15, 0.2) is 47.7 Å². The van der Waals surface area contributed by atoms with E-state index in [0.29, 0.717) is 6.54 Å². The van der Waals surface area contributed by atoms with Gasteiger partial charge in [-0.2, -0.15) is 13.2 Å². The van der Waals surface area contributed by atoms with Crippen molar-refractivity contribution in [3.63, 3.8) is 0 Å². The van der Waals surface area contributed by atoms with Crippen molar-refractivity contribution in [3.05, 3.63) is 48.3 Å². The van der Waals surface area contributed by atoms with Crippen LogP contribution in [-0.4, -0.2) is 66.3 Å². The van der Waals surface area contributed by atoms with E-state index in [0.717, 1.165) is 50.1 Å². The Kier molecular flexibility index (Phi) is 9.59. The molecular weight excluding hydrogens is 524 g/mol. The molecule has 1 N–H and O–H groups in total. The molecule has 2 aromatic rings. The Hall–Kier alpha value is -2.31. The molecule has 1 aliphatic rings. The normalized spacial score (nSPS) is 14.8. The van der Waals surface area contributed by atoms with Gasteiger partial charge in [-0.25, -0.2) is 15.0 Å². The van der Waals surface area contributed by atoms with E-state index in [9.17, 15) is 13.2 Å². The first kappa shape index (κ1) is 25.0. The van der Waals surface area contributed by atoms with E-state index in [-0.39, 0.29) is 29.9 Å². The maximum atomic E-state index is 12.3. The topological polar surface area (TPSA) is 65.9 Å². The van der Waals surface area contributed by atoms with Gasteiger partial charge in [0.15, 0.2) is 12.6 Å². The van der Waals surface area contributed by atoms with Crippen LogP contribution in [-0.2, 0) is 6.54 Å². The summed E-state index contributed by atoms with van der Waals surface area (Å²) in [4.78, 5) is 17.3. The molecule has 0 spiro atoms. The van der Waals surface area contributed by atoms with E-state index in [4.69, 9.17) is 4.74 Å². The number of halogens is 4. The number of anilines is 1. The van der Waals surface area contributed by atoms with Crippen LogP contribution in [0.4, 0.5) is 19.0 Å². The molecule has 1 aliphatic heterocycles. The highest BCUT2D eigenvalue weighted by molar-refractivity contribution is 14.0. The molecule has 0 radical (unpaired) electrons. The number of hydrogen-bond donors (Lipinski definition) is 1. The number of aromatic nitrogens is 2. The summed E-state index contributed by atoms with van der Waals surface area (Å²) < 4.78 is 41.7. The summed E-state index contributed by atoms with van der Waals surface area (Å²) in [6.45, 7) is 4.89. The van der Waals surface area contributed by atoms with Crippen LogP contribution in [0.1, 0.15) is 12.5 Å². The zero-order chi connectivity index (χ0) is 21.4. The number of alkyl halides is 3. The van der Waals surface area contributed by atoms with Crippen LogP contribution in [0.5, 0.6) is 5.88 Å². The van der Waals surface area contributed by atoms with Crippen LogP contribution in [0.2, 0.25) is 0 Å². The molecule has 0 aromatic carbocycles. The number of rotatable bonds is 6. The van der Waals surface area contributed by atoms with Gasteiger partial charge in [0.05, 0.1) is 6.54 Å². The highest BCUT2D eigenvalue weighted by Gasteiger charge is 2.28. The summed E-state index contributed by atoms with van der Waals surface area (Å²) in [7, 11) is 0. The fourth-order valence-corrected chi connectivity index (χ4v) is 3.06. The van der Waals surface area contributed by atoms with Gasteiger partial charge >= 0.3 is 6.18 Å². The monoisotopic (exact) mass is 550 g/mol. The summed E-state index contributed by atoms with van der Waals surface area (Å²) in [5, 5.41) is 3.28. The van der Waals surface area contributed by atoms with E-state index in [1.165, 1.54) is 12.3 Å². The minimum absolute atomic E-state index is 0. The standard InChI is InChI=1S/C20H25F3N6O.HI/c1-2-24-19(29-11-9-28(10-12-29)17-5-3-4-7-25-17)27-14-16-6-8-26-18(13-16)30-15-20(21,22)23;/h3-8,13H,2,9-12,14-15H2,1H3,(H,24,27);1H. The molecule has 31 heavy (non-hydrogen) atoms. The van der Waals surface area contributed by atoms with Crippen molar-refractivity contribution in [1.29, 1.82) is 0 Å². The Morgan fingerprint density at radius 2 is 1.90 bits per heavy atom. The lowest BCUT2D eigenvalue weighted by Gasteiger charge is -2.37. The van der Waals surface area contributed by atoms with Gasteiger partial charge in [0.25, 0.3) is 0 Å². The van der Waals surface area contributed by atoms with E-state index in [1.807, 2.05) is 25.1 Å². The van der Waals surface area contributed by atoms with Crippen molar-refractivity contribution in [2.75, 3.05) is 44.2 Å². The summed E-state index contributed by atoms with van der Waals surface area (Å²) in [5.41, 5.74) is 0.727. The second kappa shape index (κ2) is 11.9. The van der Waals surface area contributed by atoms with Crippen molar-refractivity contribution in [2.45, 2.75) is 19.6 Å². The number of nitrogens with zero attached hydrogens (tertiary/aromatic N) is 5. The molecule has 1 saturated heterocycles. The van der Waals surface area contributed by atoms with Gasteiger partial charge in [-0.3, -0.25) is 0 Å². The van der Waals surface area contributed by atoms with Crippen LogP contribution in [0.3, 0.4) is 0 Å². The van der Waals surface area contributed by atoms with Crippen molar-refractivity contribution in [3.8, 4) is 5.88 Å². The van der Waals surface area contributed by atoms with Gasteiger partial charge in [0.1, 0.15) is 5.82 Å². The Bertz CT molecular complexity index is 829. The fraction of sp³-hybridized carbons (Fsp3) is 0.450. The number of hydrogen-bond acceptors (Lipinski definition) is 5. The van der Waals surface area contributed by atoms with Crippen LogP contribution >= 0.6 is 24.0 Å². The highest BCUT2D eigenvalue weighted by atomic mass is 127. The van der Waals surface area contributed by atoms with Crippen molar-refractivity contribution >= 4 is 35.8 Å². The predicted octanol–water partition coefficient (Wildman–Crippen LogP) is 3.32. The Morgan fingerprint density at radius 1 is 1.13 bits per heavy atom. The molecule has 3 heterocycles. The molecule has 3 rings (SSSR count). The van der Waals surface area contributed by atoms with Gasteiger partial charge < -0.3 is 19.9 Å². The van der Waals surface area contributed by atoms with Crippen LogP contribution in [0, 0.1) is 0 Å². The highest BCUT2D eigenvalue weighted by Crippen LogP contribution is 2.18. The second-order valence-corrected chi connectivity index (χ2v) is 6.74. The van der Waals surface area contributed by atoms with Gasteiger partial charge in [-0.05, 0) is 30.7 Å². The molecule has 0 atom stereocenters. The van der Waals surface area contributed by atoms with Crippen LogP contribution < -0.4 is 15.0 Å². The second-order valence-electron chi connectivity index (χ2n) is 6.74. The molecule has 0 bridgehead atoms. The van der Waals surface area contributed by atoms with E-state index in [1.54, 1.807) is 12.3 Å². The molecule has 170 valence electrons. The van der Waals surface area contributed by atoms with E-state index < -0.39 is 12.8 Å². The molecular formula is C20H26F3IN6O. The van der Waals surface area contributed by atoms with Gasteiger partial charge in [0.2, 0.25) is 5.88 Å². The maximum absolute atomic E-state index is 12.3. The Balaban J connectivity index is 0.00000341. The Labute approximate surface area is 196 Å². The van der Waals surface area contributed by atoms with Crippen molar-refractivity contribution < 1.29 is 17.9 Å². The number of aliphatic imine (C=N–C) groups is 1. The summed E-state index contributed by atoms with van der Waals surface area (Å²) in [5.74, 6) is 1.67. The molecule has 1 fully saturated rings. The first-order valence-electron chi connectivity index (χ1n) is 9.78. The zero-order valence-electron chi connectivity index (χ0n) is 17.2. The summed E-state index contributed by atoms with van der Waals surface area (Å²) >= 11 is 0. The van der Waals surface area contributed by atoms with Gasteiger partial charge in [-0.15, -0.1) is 24.0 Å². The van der Waals surface area contributed by atoms with Gasteiger partial charge in [-0.1, -0.05) is 6.07 Å². The third-order valence-electron chi connectivity index (χ3n) is 4.48. The smallest absolute Gasteiger partial charge is 0.422 e. The molecule has 11 heteroatoms. The average molecular weight is 550 g/mol. The lowest BCUT2D eigenvalue weighted by atomic mass is 10.2. The maximum Gasteiger partial charge on any atom is 0.422 e. The van der Waals surface area contributed by atoms with Crippen LogP contribution in [0.25, 0.3) is 0 Å². The first-order chi connectivity index (χ1) is 14.4. The van der Waals surface area contributed by atoms with E-state index >= 15 is 0 Å². The molecule has 7 nitrogen and oxygen atoms in total. The quantitative estimate of drug-likeness (QED) is 0.339. The third-order valence-corrected chi connectivity index (χ3v) is 4.48. The molecule has 0 saturated carbocycles. The average Bonchev–Trinajstić information content (AvgIpc) is 2.76. The summed E-state index contributed by atoms with van der Waals surface area (Å²) in [6, 6.07) is 9.07. The lowest BCUT2D eigenvalue weighted by molar-refractivity contribution is -0.154. The summed E-state index contributed by atoms with van der Waals surface area (Å²) in [6.07, 6.45) is -1.19. The van der Waals surface area contributed by atoms with Crippen molar-refractivity contribution in [1.82, 2.24) is 20.2 Å². The molecule has 2 aromatic heterocycles. The predicted molar refractivity (Wildman–Crippen MR) is 124 cm³/mol. The minimum Gasteiger partial charge on any atom is -0.468 e. The zero-order valence-corrected chi connectivity index (χ0v) is 19.5. The Morgan fingerprint density at radius 3 is 2.55 bits per heavy atom. The number of nitrogens with one attached hydrogen (secondary N) is 1. The number of ether oxygens (including phenoxy) is 1. The molecule has 0 amide bonds. The number of piperazine rings is 1. The first-order valence-corrected chi connectivity index (χ1v) is 9.78. The minimum atomic E-state index is -4.40. The molecule has 0 unspecified atom stereocenters. The number of pyridine rings is 2. The largest absolute Gasteiger partial charge is 0.468 e. The van der Waals surface area contributed by atoms with Gasteiger partial charge in [0, 0.05) is 51.2 Å². The molecule has 0 aliphatic carbocycles. The van der Waals surface area contributed by atoms with E-state index in [2.05, 4.69) is 30.1 Å². The fourth-order valence-electron chi connectivity index (χ4n) is 3.06. The third kappa shape index (κ3) is 8.04. The lowest BCUT2D eigenvalue weighted by Crippen LogP contribution is -2.52. The SMILES string of the molecule is CCNC(=NCc1ccnc(OCC(F)(F)F)c1)N1CCN(c2ccccn2)CC1.I. The van der Waals surface area contributed by atoms with Crippen molar-refractivity contribution in [2.24, 2.45) is 4.99 Å². The number of guanidine groups is 1.